The molecule has 1 N–H and O–H groups in total. The lowest BCUT2D eigenvalue weighted by atomic mass is 10.4. The number of aryl methyl sites for hydroxylation is 1. The molecule has 0 unspecified atom stereocenters. The van der Waals surface area contributed by atoms with Crippen molar-refractivity contribution in [2.75, 3.05) is 0 Å². The molecular weight excluding hydrogens is 152 g/mol. The van der Waals surface area contributed by atoms with Gasteiger partial charge in [0.25, 0.3) is 0 Å². The van der Waals surface area contributed by atoms with Gasteiger partial charge in [-0.05, 0) is 13.0 Å². The first-order valence-electron chi connectivity index (χ1n) is 3.82. The fourth-order valence-electron chi connectivity index (χ4n) is 1.10. The zero-order valence-corrected chi connectivity index (χ0v) is 6.86. The van der Waals surface area contributed by atoms with Crippen LogP contribution < -0.4 is 0 Å². The minimum atomic E-state index is 0.782. The fraction of sp³-hybridized carbons (Fsp3) is 0.250. The second-order valence-corrected chi connectivity index (χ2v) is 2.76. The van der Waals surface area contributed by atoms with Crippen molar-refractivity contribution < 1.29 is 0 Å². The van der Waals surface area contributed by atoms with E-state index in [1.165, 1.54) is 0 Å². The van der Waals surface area contributed by atoms with E-state index < -0.39 is 0 Å². The summed E-state index contributed by atoms with van der Waals surface area (Å²) in [5, 5.41) is 10.9. The van der Waals surface area contributed by atoms with Crippen molar-refractivity contribution in [2.45, 2.75) is 13.5 Å². The van der Waals surface area contributed by atoms with E-state index in [-0.39, 0.29) is 0 Å². The number of aromatic nitrogens is 4. The van der Waals surface area contributed by atoms with Crippen molar-refractivity contribution in [2.24, 2.45) is 0 Å². The number of hydrogen-bond acceptors (Lipinski definition) is 2. The Morgan fingerprint density at radius 3 is 3.08 bits per heavy atom. The predicted octanol–water partition coefficient (Wildman–Crippen LogP) is 0.963. The molecule has 0 saturated heterocycles. The van der Waals surface area contributed by atoms with Crippen LogP contribution in [-0.4, -0.2) is 20.0 Å². The van der Waals surface area contributed by atoms with Gasteiger partial charge in [-0.2, -0.15) is 10.2 Å². The van der Waals surface area contributed by atoms with Gasteiger partial charge < -0.3 is 0 Å². The van der Waals surface area contributed by atoms with Gasteiger partial charge in [-0.3, -0.25) is 9.78 Å². The summed E-state index contributed by atoms with van der Waals surface area (Å²) in [6.45, 7) is 2.76. The Morgan fingerprint density at radius 1 is 1.58 bits per heavy atom. The maximum atomic E-state index is 4.26. The smallest absolute Gasteiger partial charge is 0.0690 e. The van der Waals surface area contributed by atoms with Gasteiger partial charge in [0.15, 0.2) is 0 Å². The first-order valence-corrected chi connectivity index (χ1v) is 3.82. The monoisotopic (exact) mass is 162 g/mol. The largest absolute Gasteiger partial charge is 0.285 e. The maximum Gasteiger partial charge on any atom is 0.0690 e. The molecule has 12 heavy (non-hydrogen) atoms. The number of rotatable bonds is 2. The Balaban J connectivity index is 2.14. The van der Waals surface area contributed by atoms with Gasteiger partial charge in [-0.1, -0.05) is 0 Å². The minimum absolute atomic E-state index is 0.782. The van der Waals surface area contributed by atoms with Crippen LogP contribution in [0, 0.1) is 6.92 Å². The number of nitrogens with zero attached hydrogens (tertiary/aromatic N) is 3. The third-order valence-electron chi connectivity index (χ3n) is 1.67. The molecule has 2 aromatic rings. The third kappa shape index (κ3) is 1.37. The van der Waals surface area contributed by atoms with Crippen LogP contribution in [0.15, 0.2) is 24.7 Å². The lowest BCUT2D eigenvalue weighted by Crippen LogP contribution is -1.98. The summed E-state index contributed by atoms with van der Waals surface area (Å²) in [5.74, 6) is 0. The average Bonchev–Trinajstić information content (AvgIpc) is 2.63. The summed E-state index contributed by atoms with van der Waals surface area (Å²) in [6.07, 6.45) is 5.64. The molecule has 4 heteroatoms. The summed E-state index contributed by atoms with van der Waals surface area (Å²) in [4.78, 5) is 0. The van der Waals surface area contributed by atoms with Crippen molar-refractivity contribution in [3.8, 4) is 0 Å². The number of aromatic amines is 1. The Bertz CT molecular complexity index is 347. The van der Waals surface area contributed by atoms with Gasteiger partial charge in [0, 0.05) is 18.0 Å². The van der Waals surface area contributed by atoms with Crippen LogP contribution in [0.3, 0.4) is 0 Å². The van der Waals surface area contributed by atoms with Crippen LogP contribution in [0.5, 0.6) is 0 Å². The van der Waals surface area contributed by atoms with E-state index in [1.54, 1.807) is 6.20 Å². The summed E-state index contributed by atoms with van der Waals surface area (Å²) in [6, 6.07) is 1.99. The van der Waals surface area contributed by atoms with Crippen molar-refractivity contribution >= 4 is 0 Å². The summed E-state index contributed by atoms with van der Waals surface area (Å²) >= 11 is 0. The third-order valence-corrected chi connectivity index (χ3v) is 1.67. The molecule has 0 aliphatic heterocycles. The molecule has 0 spiro atoms. The minimum Gasteiger partial charge on any atom is -0.285 e. The first-order chi connectivity index (χ1) is 5.84. The topological polar surface area (TPSA) is 46.5 Å². The summed E-state index contributed by atoms with van der Waals surface area (Å²) in [5.41, 5.74) is 2.18. The Labute approximate surface area is 70.2 Å². The van der Waals surface area contributed by atoms with Crippen molar-refractivity contribution in [3.63, 3.8) is 0 Å². The normalized spacial score (nSPS) is 10.4. The van der Waals surface area contributed by atoms with Crippen molar-refractivity contribution in [1.29, 1.82) is 0 Å². The van der Waals surface area contributed by atoms with Gasteiger partial charge in [-0.25, -0.2) is 0 Å². The van der Waals surface area contributed by atoms with Crippen LogP contribution >= 0.6 is 0 Å². The molecule has 2 aromatic heterocycles. The second kappa shape index (κ2) is 2.81. The molecular formula is C8H10N4. The zero-order chi connectivity index (χ0) is 8.39. The highest BCUT2D eigenvalue weighted by molar-refractivity contribution is 5.04. The van der Waals surface area contributed by atoms with Gasteiger partial charge in [0.05, 0.1) is 18.4 Å². The van der Waals surface area contributed by atoms with E-state index >= 15 is 0 Å². The molecule has 0 fully saturated rings. The van der Waals surface area contributed by atoms with Crippen molar-refractivity contribution in [3.05, 3.63) is 35.9 Å². The SMILES string of the molecule is Cc1ccn(Cc2cn[nH]c2)n1. The molecule has 2 rings (SSSR count). The first kappa shape index (κ1) is 7.09. The molecule has 0 saturated carbocycles. The number of hydrogen-bond donors (Lipinski definition) is 1. The molecule has 4 nitrogen and oxygen atoms in total. The summed E-state index contributed by atoms with van der Waals surface area (Å²) < 4.78 is 1.89. The van der Waals surface area contributed by atoms with Crippen LogP contribution in [0.4, 0.5) is 0 Å². The maximum absolute atomic E-state index is 4.26. The van der Waals surface area contributed by atoms with E-state index in [1.807, 2.05) is 30.1 Å². The van der Waals surface area contributed by atoms with Gasteiger partial charge in [0.1, 0.15) is 0 Å². The molecule has 0 amide bonds. The van der Waals surface area contributed by atoms with E-state index in [2.05, 4.69) is 15.3 Å². The fourth-order valence-corrected chi connectivity index (χ4v) is 1.10. The van der Waals surface area contributed by atoms with Gasteiger partial charge >= 0.3 is 0 Å². The quantitative estimate of drug-likeness (QED) is 0.715. The lowest BCUT2D eigenvalue weighted by Gasteiger charge is -1.95. The molecule has 62 valence electrons. The highest BCUT2D eigenvalue weighted by atomic mass is 15.3. The molecule has 0 atom stereocenters. The van der Waals surface area contributed by atoms with Crippen molar-refractivity contribution in [1.82, 2.24) is 20.0 Å². The molecule has 0 aliphatic rings. The second-order valence-electron chi connectivity index (χ2n) is 2.76. The highest BCUT2D eigenvalue weighted by Gasteiger charge is 1.96. The van der Waals surface area contributed by atoms with E-state index in [4.69, 9.17) is 0 Å². The predicted molar refractivity (Wildman–Crippen MR) is 44.7 cm³/mol. The van der Waals surface area contributed by atoms with Gasteiger partial charge in [-0.15, -0.1) is 0 Å². The number of nitrogens with one attached hydrogen (secondary N) is 1. The standard InChI is InChI=1S/C8H10N4/c1-7-2-3-12(11-7)6-8-4-9-10-5-8/h2-5H,6H2,1H3,(H,9,10). The Morgan fingerprint density at radius 2 is 2.50 bits per heavy atom. The van der Waals surface area contributed by atoms with Crippen LogP contribution in [0.2, 0.25) is 0 Å². The highest BCUT2D eigenvalue weighted by Crippen LogP contribution is 1.99. The Hall–Kier alpha value is -1.58. The molecule has 2 heterocycles. The Kier molecular flexibility index (Phi) is 1.66. The van der Waals surface area contributed by atoms with Crippen LogP contribution in [0.1, 0.15) is 11.3 Å². The van der Waals surface area contributed by atoms with E-state index in [0.29, 0.717) is 0 Å². The lowest BCUT2D eigenvalue weighted by molar-refractivity contribution is 0.680. The molecule has 0 aromatic carbocycles. The average molecular weight is 162 g/mol. The number of H-pyrrole nitrogens is 1. The zero-order valence-electron chi connectivity index (χ0n) is 6.86. The van der Waals surface area contributed by atoms with Gasteiger partial charge in [0.2, 0.25) is 0 Å². The molecule has 0 aliphatic carbocycles. The summed E-state index contributed by atoms with van der Waals surface area (Å²) in [7, 11) is 0. The molecule has 0 bridgehead atoms. The van der Waals surface area contributed by atoms with Crippen LogP contribution in [0.25, 0.3) is 0 Å². The van der Waals surface area contributed by atoms with E-state index in [0.717, 1.165) is 17.8 Å². The van der Waals surface area contributed by atoms with E-state index in [9.17, 15) is 0 Å². The molecule has 0 radical (unpaired) electrons. The van der Waals surface area contributed by atoms with Crippen LogP contribution in [-0.2, 0) is 6.54 Å².